The predicted molar refractivity (Wildman–Crippen MR) is 93.0 cm³/mol. The van der Waals surface area contributed by atoms with Crippen molar-refractivity contribution in [3.8, 4) is 0 Å². The fourth-order valence-corrected chi connectivity index (χ4v) is 2.66. The third-order valence-corrected chi connectivity index (χ3v) is 4.20. The van der Waals surface area contributed by atoms with Crippen LogP contribution in [0.4, 0.5) is 20.2 Å². The minimum absolute atomic E-state index is 0.121. The van der Waals surface area contributed by atoms with Gasteiger partial charge in [-0.2, -0.15) is 0 Å². The number of halogens is 2. The van der Waals surface area contributed by atoms with Crippen molar-refractivity contribution in [2.24, 2.45) is 11.8 Å². The Morgan fingerprint density at radius 1 is 0.926 bits per heavy atom. The zero-order chi connectivity index (χ0) is 19.6. The Hall–Kier alpha value is -3.29. The number of nitrogens with one attached hydrogen (secondary N) is 2. The predicted octanol–water partition coefficient (Wildman–Crippen LogP) is 2.96. The molecule has 2 aromatic carbocycles. The topological polar surface area (TPSA) is 84.5 Å². The number of ether oxygens (including phenoxy) is 1. The van der Waals surface area contributed by atoms with Crippen molar-refractivity contribution in [2.45, 2.75) is 6.42 Å². The highest BCUT2D eigenvalue weighted by Crippen LogP contribution is 2.40. The molecule has 1 aliphatic rings. The van der Waals surface area contributed by atoms with Gasteiger partial charge in [0.15, 0.2) is 11.6 Å². The molecular formula is C19H16F2N2O4. The van der Waals surface area contributed by atoms with Crippen LogP contribution in [0.15, 0.2) is 42.5 Å². The second-order valence-corrected chi connectivity index (χ2v) is 6.13. The highest BCUT2D eigenvalue weighted by Gasteiger charge is 2.48. The van der Waals surface area contributed by atoms with Gasteiger partial charge >= 0.3 is 5.97 Å². The maximum Gasteiger partial charge on any atom is 0.337 e. The van der Waals surface area contributed by atoms with Gasteiger partial charge in [0, 0.05) is 17.4 Å². The van der Waals surface area contributed by atoms with E-state index in [1.165, 1.54) is 19.2 Å². The molecule has 1 fully saturated rings. The first-order valence-corrected chi connectivity index (χ1v) is 8.14. The van der Waals surface area contributed by atoms with E-state index in [0.29, 0.717) is 17.7 Å². The first-order chi connectivity index (χ1) is 12.9. The Morgan fingerprint density at radius 2 is 1.56 bits per heavy atom. The molecule has 6 nitrogen and oxygen atoms in total. The fourth-order valence-electron chi connectivity index (χ4n) is 2.66. The molecule has 2 amide bonds. The van der Waals surface area contributed by atoms with Crippen molar-refractivity contribution in [3.63, 3.8) is 0 Å². The van der Waals surface area contributed by atoms with Gasteiger partial charge in [0.05, 0.1) is 24.5 Å². The van der Waals surface area contributed by atoms with Crippen LogP contribution in [0.2, 0.25) is 0 Å². The molecule has 0 saturated heterocycles. The second kappa shape index (κ2) is 7.53. The van der Waals surface area contributed by atoms with Crippen LogP contribution in [0.5, 0.6) is 0 Å². The Labute approximate surface area is 153 Å². The summed E-state index contributed by atoms with van der Waals surface area (Å²) in [5.41, 5.74) is 0.823. The minimum Gasteiger partial charge on any atom is -0.465 e. The number of hydrogen-bond acceptors (Lipinski definition) is 4. The van der Waals surface area contributed by atoms with Crippen molar-refractivity contribution < 1.29 is 27.9 Å². The number of anilines is 2. The van der Waals surface area contributed by atoms with E-state index in [9.17, 15) is 23.2 Å². The normalized spacial score (nSPS) is 17.7. The van der Waals surface area contributed by atoms with Crippen molar-refractivity contribution >= 4 is 29.2 Å². The number of methoxy groups -OCH3 is 1. The molecule has 0 aromatic heterocycles. The number of hydrogen-bond donors (Lipinski definition) is 2. The molecule has 2 atom stereocenters. The monoisotopic (exact) mass is 374 g/mol. The summed E-state index contributed by atoms with van der Waals surface area (Å²) in [7, 11) is 1.26. The van der Waals surface area contributed by atoms with Gasteiger partial charge in [-0.25, -0.2) is 13.6 Å². The molecule has 8 heteroatoms. The molecule has 140 valence electrons. The zero-order valence-electron chi connectivity index (χ0n) is 14.3. The molecule has 0 spiro atoms. The van der Waals surface area contributed by atoms with Gasteiger partial charge in [-0.1, -0.05) is 6.07 Å². The van der Waals surface area contributed by atoms with E-state index in [1.54, 1.807) is 18.2 Å². The summed E-state index contributed by atoms with van der Waals surface area (Å²) < 4.78 is 30.7. The molecule has 0 heterocycles. The Kier molecular flexibility index (Phi) is 5.16. The molecule has 0 radical (unpaired) electrons. The van der Waals surface area contributed by atoms with E-state index >= 15 is 0 Å². The number of benzene rings is 2. The maximum atomic E-state index is 13.2. The van der Waals surface area contributed by atoms with Gasteiger partial charge in [0.25, 0.3) is 0 Å². The summed E-state index contributed by atoms with van der Waals surface area (Å²) in [6.07, 6.45) is 0.345. The molecule has 1 aliphatic carbocycles. The van der Waals surface area contributed by atoms with Crippen molar-refractivity contribution in [2.75, 3.05) is 17.7 Å². The summed E-state index contributed by atoms with van der Waals surface area (Å²) in [6.45, 7) is 0. The minimum atomic E-state index is -1.07. The zero-order valence-corrected chi connectivity index (χ0v) is 14.3. The Morgan fingerprint density at radius 3 is 2.15 bits per heavy atom. The van der Waals surface area contributed by atoms with Crippen molar-refractivity contribution in [1.29, 1.82) is 0 Å². The van der Waals surface area contributed by atoms with E-state index in [1.807, 2.05) is 0 Å². The summed E-state index contributed by atoms with van der Waals surface area (Å²) in [6, 6.07) is 9.27. The summed E-state index contributed by atoms with van der Waals surface area (Å²) in [5.74, 6) is -4.48. The molecule has 1 saturated carbocycles. The number of esters is 1. The van der Waals surface area contributed by atoms with Gasteiger partial charge in [0.1, 0.15) is 0 Å². The molecule has 3 rings (SSSR count). The molecule has 2 N–H and O–H groups in total. The number of carbonyl (C=O) groups excluding carboxylic acids is 3. The lowest BCUT2D eigenvalue weighted by Gasteiger charge is -2.07. The lowest BCUT2D eigenvalue weighted by Crippen LogP contribution is -2.20. The lowest BCUT2D eigenvalue weighted by molar-refractivity contribution is -0.122. The molecule has 2 unspecified atom stereocenters. The fraction of sp³-hybridized carbons (Fsp3) is 0.211. The van der Waals surface area contributed by atoms with Crippen LogP contribution in [-0.4, -0.2) is 24.9 Å². The average molecular weight is 374 g/mol. The summed E-state index contributed by atoms with van der Waals surface area (Å²) >= 11 is 0. The smallest absolute Gasteiger partial charge is 0.337 e. The van der Waals surface area contributed by atoms with Crippen LogP contribution in [0.3, 0.4) is 0 Å². The maximum absolute atomic E-state index is 13.2. The van der Waals surface area contributed by atoms with Crippen LogP contribution in [0.1, 0.15) is 16.8 Å². The highest BCUT2D eigenvalue weighted by atomic mass is 19.2. The number of amides is 2. The molecule has 2 aromatic rings. The SMILES string of the molecule is COC(=O)c1cccc(NC(=O)C2CC2C(=O)Nc2ccc(F)c(F)c2)c1. The van der Waals surface area contributed by atoms with E-state index in [-0.39, 0.29) is 11.6 Å². The average Bonchev–Trinajstić information content (AvgIpc) is 3.45. The van der Waals surface area contributed by atoms with Crippen LogP contribution in [0.25, 0.3) is 0 Å². The highest BCUT2D eigenvalue weighted by molar-refractivity contribution is 6.03. The van der Waals surface area contributed by atoms with Gasteiger partial charge < -0.3 is 15.4 Å². The Balaban J connectivity index is 1.58. The molecule has 27 heavy (non-hydrogen) atoms. The first kappa shape index (κ1) is 18.5. The van der Waals surface area contributed by atoms with Crippen molar-refractivity contribution in [1.82, 2.24) is 0 Å². The van der Waals surface area contributed by atoms with Gasteiger partial charge in [-0.3, -0.25) is 9.59 Å². The van der Waals surface area contributed by atoms with Gasteiger partial charge in [-0.15, -0.1) is 0 Å². The molecular weight excluding hydrogens is 358 g/mol. The number of rotatable bonds is 5. The van der Waals surface area contributed by atoms with Crippen molar-refractivity contribution in [3.05, 3.63) is 59.7 Å². The Bertz CT molecular complexity index is 916. The van der Waals surface area contributed by atoms with Gasteiger partial charge in [-0.05, 0) is 36.8 Å². The summed E-state index contributed by atoms with van der Waals surface area (Å²) in [4.78, 5) is 35.9. The van der Waals surface area contributed by atoms with E-state index in [4.69, 9.17) is 0 Å². The largest absolute Gasteiger partial charge is 0.465 e. The third kappa shape index (κ3) is 4.28. The van der Waals surface area contributed by atoms with E-state index in [0.717, 1.165) is 12.1 Å². The molecule has 0 aliphatic heterocycles. The number of carbonyl (C=O) groups is 3. The van der Waals surface area contributed by atoms with Crippen LogP contribution in [-0.2, 0) is 14.3 Å². The van der Waals surface area contributed by atoms with E-state index < -0.39 is 35.3 Å². The van der Waals surface area contributed by atoms with Crippen LogP contribution >= 0.6 is 0 Å². The van der Waals surface area contributed by atoms with Crippen LogP contribution in [0, 0.1) is 23.5 Å². The second-order valence-electron chi connectivity index (χ2n) is 6.13. The summed E-state index contributed by atoms with van der Waals surface area (Å²) in [5, 5.41) is 5.12. The first-order valence-electron chi connectivity index (χ1n) is 8.14. The standard InChI is InChI=1S/C19H16F2N2O4/c1-27-19(26)10-3-2-4-11(7-10)22-17(24)13-9-14(13)18(25)23-12-5-6-15(20)16(21)8-12/h2-8,13-14H,9H2,1H3,(H,22,24)(H,23,25). The quantitative estimate of drug-likeness (QED) is 0.788. The lowest BCUT2D eigenvalue weighted by atomic mass is 10.2. The third-order valence-electron chi connectivity index (χ3n) is 4.20. The van der Waals surface area contributed by atoms with Gasteiger partial charge in [0.2, 0.25) is 11.8 Å². The van der Waals surface area contributed by atoms with Crippen LogP contribution < -0.4 is 10.6 Å². The molecule has 0 bridgehead atoms. The van der Waals surface area contributed by atoms with E-state index in [2.05, 4.69) is 15.4 Å².